The Labute approximate surface area is 106 Å². The molecule has 5 heteroatoms. The Balaban J connectivity index is 3.22. The van der Waals surface area contributed by atoms with Gasteiger partial charge in [-0.3, -0.25) is 14.9 Å². The molecule has 0 saturated heterocycles. The molecule has 0 aliphatic carbocycles. The highest BCUT2D eigenvalue weighted by atomic mass is 16.6. The molecule has 1 N–H and O–H groups in total. The summed E-state index contributed by atoms with van der Waals surface area (Å²) < 4.78 is 0. The predicted molar refractivity (Wildman–Crippen MR) is 70.7 cm³/mol. The number of hydrogen-bond donors (Lipinski definition) is 1. The highest BCUT2D eigenvalue weighted by molar-refractivity contribution is 5.90. The number of rotatable bonds is 5. The largest absolute Gasteiger partial charge is 0.326 e. The zero-order valence-corrected chi connectivity index (χ0v) is 10.9. The van der Waals surface area contributed by atoms with Crippen LogP contribution in [-0.2, 0) is 11.2 Å². The second-order valence-electron chi connectivity index (χ2n) is 4.28. The van der Waals surface area contributed by atoms with Gasteiger partial charge in [-0.2, -0.15) is 0 Å². The van der Waals surface area contributed by atoms with Crippen LogP contribution in [0.4, 0.5) is 11.4 Å². The summed E-state index contributed by atoms with van der Waals surface area (Å²) in [4.78, 5) is 21.6. The number of carbonyl (C=O) groups excluding carboxylic acids is 1. The van der Waals surface area contributed by atoms with Crippen molar-refractivity contribution in [1.29, 1.82) is 0 Å². The number of nitrogens with one attached hydrogen (secondary N) is 1. The lowest BCUT2D eigenvalue weighted by Gasteiger charge is -2.12. The lowest BCUT2D eigenvalue weighted by Crippen LogP contribution is -2.10. The number of unbranched alkanes of at least 4 members (excludes halogenated alkanes) is 1. The lowest BCUT2D eigenvalue weighted by atomic mass is 9.99. The summed E-state index contributed by atoms with van der Waals surface area (Å²) in [6.45, 7) is 5.22. The minimum Gasteiger partial charge on any atom is -0.326 e. The van der Waals surface area contributed by atoms with Crippen LogP contribution in [0.15, 0.2) is 12.1 Å². The van der Waals surface area contributed by atoms with Gasteiger partial charge in [0.1, 0.15) is 0 Å². The number of amides is 1. The number of carbonyl (C=O) groups is 1. The second kappa shape index (κ2) is 6.14. The van der Waals surface area contributed by atoms with Crippen LogP contribution >= 0.6 is 0 Å². The third kappa shape index (κ3) is 3.29. The summed E-state index contributed by atoms with van der Waals surface area (Å²) in [6, 6.07) is 3.05. The first-order chi connectivity index (χ1) is 8.47. The smallest absolute Gasteiger partial charge is 0.272 e. The molecule has 0 unspecified atom stereocenters. The molecule has 1 amide bonds. The van der Waals surface area contributed by atoms with Gasteiger partial charge in [-0.1, -0.05) is 13.3 Å². The summed E-state index contributed by atoms with van der Waals surface area (Å²) in [5.41, 5.74) is 2.29. The van der Waals surface area contributed by atoms with E-state index in [1.54, 1.807) is 13.0 Å². The van der Waals surface area contributed by atoms with Crippen LogP contribution in [0, 0.1) is 17.0 Å². The molecule has 0 fully saturated rings. The Bertz CT molecular complexity index is 470. The maximum Gasteiger partial charge on any atom is 0.272 e. The number of nitro groups is 1. The van der Waals surface area contributed by atoms with Crippen LogP contribution in [0.2, 0.25) is 0 Å². The minimum atomic E-state index is -0.387. The molecular weight excluding hydrogens is 232 g/mol. The molecule has 0 bridgehead atoms. The van der Waals surface area contributed by atoms with Crippen LogP contribution in [0.25, 0.3) is 0 Å². The van der Waals surface area contributed by atoms with E-state index in [1.165, 1.54) is 13.0 Å². The zero-order valence-electron chi connectivity index (χ0n) is 10.9. The highest BCUT2D eigenvalue weighted by Gasteiger charge is 2.17. The van der Waals surface area contributed by atoms with Crippen LogP contribution in [0.3, 0.4) is 0 Å². The van der Waals surface area contributed by atoms with Gasteiger partial charge in [0, 0.05) is 24.2 Å². The van der Waals surface area contributed by atoms with E-state index in [2.05, 4.69) is 12.2 Å². The maximum absolute atomic E-state index is 11.1. The van der Waals surface area contributed by atoms with Gasteiger partial charge in [-0.15, -0.1) is 0 Å². The predicted octanol–water partition coefficient (Wildman–Crippen LogP) is 3.20. The fraction of sp³-hybridized carbons (Fsp3) is 0.462. The Hall–Kier alpha value is -1.91. The van der Waals surface area contributed by atoms with Gasteiger partial charge in [0.2, 0.25) is 5.91 Å². The number of nitrogens with zero attached hydrogens (tertiary/aromatic N) is 1. The monoisotopic (exact) mass is 250 g/mol. The van der Waals surface area contributed by atoms with Crippen LogP contribution in [0.1, 0.15) is 37.8 Å². The fourth-order valence-electron chi connectivity index (χ4n) is 1.92. The molecular formula is C13H18N2O3. The number of benzene rings is 1. The van der Waals surface area contributed by atoms with Crippen molar-refractivity contribution in [2.24, 2.45) is 0 Å². The standard InChI is InChI=1S/C13H18N2O3/c1-4-5-6-11-9(2)13(15(17)18)8-7-12(11)14-10(3)16/h7-8H,4-6H2,1-3H3,(H,14,16). The molecule has 98 valence electrons. The third-order valence-corrected chi connectivity index (χ3v) is 2.86. The summed E-state index contributed by atoms with van der Waals surface area (Å²) in [5.74, 6) is -0.166. The molecule has 0 saturated carbocycles. The molecule has 0 aliphatic heterocycles. The number of hydrogen-bond acceptors (Lipinski definition) is 3. The van der Waals surface area contributed by atoms with E-state index in [0.29, 0.717) is 11.3 Å². The molecule has 0 heterocycles. The topological polar surface area (TPSA) is 72.2 Å². The molecule has 0 aliphatic rings. The summed E-state index contributed by atoms with van der Waals surface area (Å²) >= 11 is 0. The van der Waals surface area contributed by atoms with E-state index in [4.69, 9.17) is 0 Å². The van der Waals surface area contributed by atoms with Gasteiger partial charge in [-0.05, 0) is 31.4 Å². The van der Waals surface area contributed by atoms with E-state index in [1.807, 2.05) is 0 Å². The van der Waals surface area contributed by atoms with Gasteiger partial charge in [0.15, 0.2) is 0 Å². The van der Waals surface area contributed by atoms with Crippen molar-refractivity contribution in [3.63, 3.8) is 0 Å². The fourth-order valence-corrected chi connectivity index (χ4v) is 1.92. The molecule has 0 aromatic heterocycles. The van der Waals surface area contributed by atoms with E-state index >= 15 is 0 Å². The van der Waals surface area contributed by atoms with Crippen LogP contribution in [0.5, 0.6) is 0 Å². The van der Waals surface area contributed by atoms with Gasteiger partial charge < -0.3 is 5.32 Å². The molecule has 1 aromatic rings. The first-order valence-corrected chi connectivity index (χ1v) is 6.01. The van der Waals surface area contributed by atoms with Gasteiger partial charge in [-0.25, -0.2) is 0 Å². The highest BCUT2D eigenvalue weighted by Crippen LogP contribution is 2.29. The first kappa shape index (κ1) is 14.2. The quantitative estimate of drug-likeness (QED) is 0.644. The van der Waals surface area contributed by atoms with E-state index in [-0.39, 0.29) is 16.5 Å². The molecule has 5 nitrogen and oxygen atoms in total. The van der Waals surface area contributed by atoms with Crippen molar-refractivity contribution < 1.29 is 9.72 Å². The van der Waals surface area contributed by atoms with Gasteiger partial charge in [0.05, 0.1) is 4.92 Å². The van der Waals surface area contributed by atoms with Crippen molar-refractivity contribution in [3.8, 4) is 0 Å². The minimum absolute atomic E-state index is 0.107. The molecule has 18 heavy (non-hydrogen) atoms. The molecule has 0 radical (unpaired) electrons. The first-order valence-electron chi connectivity index (χ1n) is 6.01. The zero-order chi connectivity index (χ0) is 13.7. The summed E-state index contributed by atoms with van der Waals surface area (Å²) in [7, 11) is 0. The van der Waals surface area contributed by atoms with Crippen LogP contribution < -0.4 is 5.32 Å². The Morgan fingerprint density at radius 3 is 2.61 bits per heavy atom. The van der Waals surface area contributed by atoms with E-state index in [9.17, 15) is 14.9 Å². The molecule has 1 rings (SSSR count). The third-order valence-electron chi connectivity index (χ3n) is 2.86. The number of nitro benzene ring substituents is 1. The SMILES string of the molecule is CCCCc1c(NC(C)=O)ccc([N+](=O)[O-])c1C. The van der Waals surface area contributed by atoms with Gasteiger partial charge >= 0.3 is 0 Å². The second-order valence-corrected chi connectivity index (χ2v) is 4.28. The van der Waals surface area contributed by atoms with Crippen molar-refractivity contribution in [1.82, 2.24) is 0 Å². The Morgan fingerprint density at radius 1 is 1.44 bits per heavy atom. The molecule has 1 aromatic carbocycles. The Kier molecular flexibility index (Phi) is 4.83. The normalized spacial score (nSPS) is 10.2. The average molecular weight is 250 g/mol. The number of anilines is 1. The Morgan fingerprint density at radius 2 is 2.11 bits per heavy atom. The summed E-state index contributed by atoms with van der Waals surface area (Å²) in [6.07, 6.45) is 2.68. The van der Waals surface area contributed by atoms with Crippen molar-refractivity contribution in [2.45, 2.75) is 40.0 Å². The lowest BCUT2D eigenvalue weighted by molar-refractivity contribution is -0.385. The molecule has 0 spiro atoms. The molecule has 0 atom stereocenters. The van der Waals surface area contributed by atoms with Crippen molar-refractivity contribution in [2.75, 3.05) is 5.32 Å². The van der Waals surface area contributed by atoms with E-state index in [0.717, 1.165) is 24.8 Å². The van der Waals surface area contributed by atoms with Gasteiger partial charge in [0.25, 0.3) is 5.69 Å². The van der Waals surface area contributed by atoms with Crippen LogP contribution in [-0.4, -0.2) is 10.8 Å². The summed E-state index contributed by atoms with van der Waals surface area (Å²) in [5, 5.41) is 13.6. The van der Waals surface area contributed by atoms with Crippen molar-refractivity contribution in [3.05, 3.63) is 33.4 Å². The van der Waals surface area contributed by atoms with Crippen molar-refractivity contribution >= 4 is 17.3 Å². The van der Waals surface area contributed by atoms with E-state index < -0.39 is 0 Å². The maximum atomic E-state index is 11.1. The average Bonchev–Trinajstić information content (AvgIpc) is 2.27.